The highest BCUT2D eigenvalue weighted by molar-refractivity contribution is 6.04. The molecule has 2 heterocycles. The van der Waals surface area contributed by atoms with E-state index in [9.17, 15) is 4.79 Å². The summed E-state index contributed by atoms with van der Waals surface area (Å²) >= 11 is 0. The molecule has 3 heteroatoms. The summed E-state index contributed by atoms with van der Waals surface area (Å²) in [4.78, 5) is 12.0. The average molecular weight is 306 g/mol. The molecule has 0 bridgehead atoms. The molecule has 0 aliphatic carbocycles. The topological polar surface area (TPSA) is 24.8 Å². The second-order valence-electron chi connectivity index (χ2n) is 5.73. The van der Waals surface area contributed by atoms with E-state index in [1.165, 1.54) is 11.1 Å². The van der Waals surface area contributed by atoms with Gasteiger partial charge >= 0.3 is 0 Å². The van der Waals surface area contributed by atoms with Gasteiger partial charge in [0.1, 0.15) is 13.1 Å². The minimum Gasteiger partial charge on any atom is -0.288 e. The Morgan fingerprint density at radius 3 is 2.26 bits per heavy atom. The first-order chi connectivity index (χ1) is 11.1. The summed E-state index contributed by atoms with van der Waals surface area (Å²) in [6.07, 6.45) is 6.19. The van der Waals surface area contributed by atoms with E-state index in [-0.39, 0.29) is 5.78 Å². The lowest BCUT2D eigenvalue weighted by atomic mass is 10.0. The number of carbonyl (C=O) groups is 1. The molecule has 2 aromatic heterocycles. The standard InChI is InChI=1S/C20H22N2O/c1-4-21-11-8-16(9-12-21)17-6-7-19-18(14-17)10-13-22(5-2)20(19)15(3)23/h6-14H,4-5H2,1-3H3/q+2. The van der Waals surface area contributed by atoms with Crippen LogP contribution in [0.3, 0.4) is 0 Å². The van der Waals surface area contributed by atoms with E-state index in [1.54, 1.807) is 6.92 Å². The molecule has 0 N–H and O–H groups in total. The van der Waals surface area contributed by atoms with Gasteiger partial charge < -0.3 is 0 Å². The Labute approximate surface area is 136 Å². The minimum absolute atomic E-state index is 0.105. The summed E-state index contributed by atoms with van der Waals surface area (Å²) in [6.45, 7) is 7.58. The Bertz CT molecular complexity index is 867. The molecule has 0 aliphatic rings. The van der Waals surface area contributed by atoms with E-state index in [4.69, 9.17) is 0 Å². The second-order valence-corrected chi connectivity index (χ2v) is 5.73. The van der Waals surface area contributed by atoms with E-state index in [2.05, 4.69) is 67.2 Å². The molecule has 0 radical (unpaired) electrons. The monoisotopic (exact) mass is 306 g/mol. The van der Waals surface area contributed by atoms with E-state index >= 15 is 0 Å². The highest BCUT2D eigenvalue weighted by atomic mass is 16.1. The van der Waals surface area contributed by atoms with Gasteiger partial charge in [-0.2, -0.15) is 4.57 Å². The lowest BCUT2D eigenvalue weighted by Gasteiger charge is -2.06. The number of carbonyl (C=O) groups excluding carboxylic acids is 1. The van der Waals surface area contributed by atoms with E-state index in [0.717, 1.165) is 29.6 Å². The molecule has 0 unspecified atom stereocenters. The number of nitrogens with zero attached hydrogens (tertiary/aromatic N) is 2. The number of benzene rings is 1. The number of pyridine rings is 2. The molecule has 0 aliphatic heterocycles. The molecule has 3 rings (SSSR count). The van der Waals surface area contributed by atoms with Gasteiger partial charge in [0.15, 0.2) is 18.6 Å². The number of rotatable bonds is 4. The van der Waals surface area contributed by atoms with E-state index in [0.29, 0.717) is 0 Å². The van der Waals surface area contributed by atoms with Gasteiger partial charge in [0.25, 0.3) is 5.69 Å². The van der Waals surface area contributed by atoms with Crippen molar-refractivity contribution in [2.24, 2.45) is 0 Å². The number of aromatic nitrogens is 2. The van der Waals surface area contributed by atoms with Crippen molar-refractivity contribution in [2.75, 3.05) is 0 Å². The third-order valence-corrected chi connectivity index (χ3v) is 4.29. The minimum atomic E-state index is 0.105. The van der Waals surface area contributed by atoms with Gasteiger partial charge in [-0.1, -0.05) is 6.07 Å². The van der Waals surface area contributed by atoms with Crippen molar-refractivity contribution < 1.29 is 13.9 Å². The number of Topliss-reactive ketones (excluding diaryl/α,β-unsaturated/α-hetero) is 1. The zero-order chi connectivity index (χ0) is 16.4. The number of aryl methyl sites for hydroxylation is 2. The molecule has 3 aromatic rings. The van der Waals surface area contributed by atoms with Crippen LogP contribution in [0.2, 0.25) is 0 Å². The van der Waals surface area contributed by atoms with Crippen LogP contribution in [0.1, 0.15) is 31.3 Å². The van der Waals surface area contributed by atoms with Crippen molar-refractivity contribution in [3.63, 3.8) is 0 Å². The number of fused-ring (bicyclic) bond motifs is 1. The predicted octanol–water partition coefficient (Wildman–Crippen LogP) is 3.32. The van der Waals surface area contributed by atoms with Crippen molar-refractivity contribution in [1.82, 2.24) is 0 Å². The van der Waals surface area contributed by atoms with Crippen molar-refractivity contribution in [2.45, 2.75) is 33.9 Å². The Kier molecular flexibility index (Phi) is 4.20. The molecule has 0 atom stereocenters. The van der Waals surface area contributed by atoms with Gasteiger partial charge in [0, 0.05) is 25.1 Å². The summed E-state index contributed by atoms with van der Waals surface area (Å²) in [6, 6.07) is 12.7. The SMILES string of the molecule is CC[n+]1ccc(-c2ccc3c(C(C)=O)[n+](CC)ccc3c2)cc1. The molecule has 1 aromatic carbocycles. The zero-order valence-corrected chi connectivity index (χ0v) is 13.9. The summed E-state index contributed by atoms with van der Waals surface area (Å²) in [5.41, 5.74) is 3.14. The number of hydrogen-bond acceptors (Lipinski definition) is 1. The van der Waals surface area contributed by atoms with Gasteiger partial charge in [0.05, 0.1) is 5.39 Å². The molecular formula is C20H22N2O+2. The Hall–Kier alpha value is -2.55. The molecule has 23 heavy (non-hydrogen) atoms. The quantitative estimate of drug-likeness (QED) is 0.536. The molecule has 0 saturated heterocycles. The second kappa shape index (κ2) is 6.29. The van der Waals surface area contributed by atoms with E-state index in [1.807, 2.05) is 10.8 Å². The molecule has 0 spiro atoms. The zero-order valence-electron chi connectivity index (χ0n) is 13.9. The van der Waals surface area contributed by atoms with Crippen LogP contribution in [0.25, 0.3) is 21.9 Å². The molecule has 3 nitrogen and oxygen atoms in total. The van der Waals surface area contributed by atoms with Gasteiger partial charge in [-0.05, 0) is 42.5 Å². The first kappa shape index (κ1) is 15.3. The third kappa shape index (κ3) is 2.87. The highest BCUT2D eigenvalue weighted by Gasteiger charge is 2.18. The van der Waals surface area contributed by atoms with Crippen LogP contribution in [0, 0.1) is 0 Å². The normalized spacial score (nSPS) is 10.9. The maximum absolute atomic E-state index is 12.0. The first-order valence-electron chi connectivity index (χ1n) is 8.10. The third-order valence-electron chi connectivity index (χ3n) is 4.29. The van der Waals surface area contributed by atoms with Gasteiger partial charge in [0.2, 0.25) is 5.78 Å². The lowest BCUT2D eigenvalue weighted by molar-refractivity contribution is -0.694. The first-order valence-corrected chi connectivity index (χ1v) is 8.10. The van der Waals surface area contributed by atoms with Crippen molar-refractivity contribution in [3.05, 3.63) is 60.7 Å². The largest absolute Gasteiger partial charge is 0.288 e. The Balaban J connectivity index is 2.14. The van der Waals surface area contributed by atoms with Crippen LogP contribution in [-0.4, -0.2) is 5.78 Å². The fourth-order valence-electron chi connectivity index (χ4n) is 3.01. The van der Waals surface area contributed by atoms with Gasteiger partial charge in [-0.25, -0.2) is 4.57 Å². The predicted molar refractivity (Wildman–Crippen MR) is 91.1 cm³/mol. The molecule has 0 saturated carbocycles. The van der Waals surface area contributed by atoms with Crippen molar-refractivity contribution in [3.8, 4) is 11.1 Å². The van der Waals surface area contributed by atoms with Crippen LogP contribution in [0.15, 0.2) is 55.0 Å². The van der Waals surface area contributed by atoms with Gasteiger partial charge in [-0.15, -0.1) is 0 Å². The van der Waals surface area contributed by atoms with Crippen LogP contribution >= 0.6 is 0 Å². The van der Waals surface area contributed by atoms with Crippen LogP contribution in [0.5, 0.6) is 0 Å². The van der Waals surface area contributed by atoms with Crippen molar-refractivity contribution in [1.29, 1.82) is 0 Å². The summed E-state index contributed by atoms with van der Waals surface area (Å²) in [5.74, 6) is 0.105. The smallest absolute Gasteiger partial charge is 0.256 e. The van der Waals surface area contributed by atoms with E-state index < -0.39 is 0 Å². The average Bonchev–Trinajstić information content (AvgIpc) is 2.60. The molecular weight excluding hydrogens is 284 g/mol. The Morgan fingerprint density at radius 1 is 0.913 bits per heavy atom. The lowest BCUT2D eigenvalue weighted by Crippen LogP contribution is -2.38. The van der Waals surface area contributed by atoms with Gasteiger partial charge in [-0.3, -0.25) is 4.79 Å². The van der Waals surface area contributed by atoms with Crippen LogP contribution < -0.4 is 9.13 Å². The van der Waals surface area contributed by atoms with Crippen LogP contribution in [0.4, 0.5) is 0 Å². The Morgan fingerprint density at radius 2 is 1.65 bits per heavy atom. The van der Waals surface area contributed by atoms with Crippen molar-refractivity contribution >= 4 is 16.6 Å². The molecule has 116 valence electrons. The number of ketones is 1. The fourth-order valence-corrected chi connectivity index (χ4v) is 3.01. The maximum Gasteiger partial charge on any atom is 0.256 e. The summed E-state index contributed by atoms with van der Waals surface area (Å²) < 4.78 is 4.15. The molecule has 0 fully saturated rings. The summed E-state index contributed by atoms with van der Waals surface area (Å²) in [5, 5.41) is 2.12. The van der Waals surface area contributed by atoms with Crippen LogP contribution in [-0.2, 0) is 13.1 Å². The molecule has 0 amide bonds. The highest BCUT2D eigenvalue weighted by Crippen LogP contribution is 2.25. The number of hydrogen-bond donors (Lipinski definition) is 0. The maximum atomic E-state index is 12.0. The fraction of sp³-hybridized carbons (Fsp3) is 0.250. The summed E-state index contributed by atoms with van der Waals surface area (Å²) in [7, 11) is 0.